The zero-order valence-electron chi connectivity index (χ0n) is 36.5. The van der Waals surface area contributed by atoms with Gasteiger partial charge in [-0.3, -0.25) is 0 Å². The molecule has 12 rings (SSSR count). The Bertz CT molecular complexity index is 3510. The molecule has 308 valence electrons. The van der Waals surface area contributed by atoms with Crippen molar-refractivity contribution in [1.29, 1.82) is 0 Å². The predicted octanol–water partition coefficient (Wildman–Crippen LogP) is 17.2. The van der Waals surface area contributed by atoms with Crippen LogP contribution in [0.3, 0.4) is 0 Å². The summed E-state index contributed by atoms with van der Waals surface area (Å²) in [5.74, 6) is 0. The van der Waals surface area contributed by atoms with Crippen LogP contribution in [0.5, 0.6) is 0 Å². The highest BCUT2D eigenvalue weighted by molar-refractivity contribution is 6.10. The number of para-hydroxylation sites is 2. The van der Waals surface area contributed by atoms with Crippen LogP contribution in [0, 0.1) is 0 Å². The largest absolute Gasteiger partial charge is 0.310 e. The van der Waals surface area contributed by atoms with Crippen LogP contribution in [0.25, 0.3) is 83.1 Å². The van der Waals surface area contributed by atoms with E-state index in [1.807, 2.05) is 0 Å². The van der Waals surface area contributed by atoms with Gasteiger partial charge in [0.15, 0.2) is 0 Å². The Morgan fingerprint density at radius 2 is 0.738 bits per heavy atom. The monoisotopic (exact) mass is 830 g/mol. The Kier molecular flexibility index (Phi) is 9.21. The molecule has 0 N–H and O–H groups in total. The minimum atomic E-state index is -0.0930. The first-order valence-corrected chi connectivity index (χ1v) is 22.6. The summed E-state index contributed by atoms with van der Waals surface area (Å²) < 4.78 is 2.37. The summed E-state index contributed by atoms with van der Waals surface area (Å²) in [5.41, 5.74) is 21.9. The summed E-state index contributed by atoms with van der Waals surface area (Å²) in [4.78, 5) is 2.39. The number of hydrogen-bond donors (Lipinski definition) is 0. The molecule has 65 heavy (non-hydrogen) atoms. The molecule has 0 unspecified atom stereocenters. The highest BCUT2D eigenvalue weighted by Crippen LogP contribution is 2.51. The topological polar surface area (TPSA) is 8.17 Å². The standard InChI is InChI=1S/C63H46N2/c1-63(2)59-19-11-9-17-55(59)56-39-38-54(42-60(56)63)64(52-34-29-47(30-35-52)43-13-5-3-6-14-43)53-36-31-48(32-37-53)46-23-21-44(22-24-46)45-25-27-49(28-26-45)50-33-40-62-58(41-50)57-18-10-12-20-61(57)65(62)51-15-7-4-8-16-51/h3-42H,1-2H3. The summed E-state index contributed by atoms with van der Waals surface area (Å²) in [6.45, 7) is 4.70. The van der Waals surface area contributed by atoms with Crippen LogP contribution in [0.2, 0.25) is 0 Å². The molecule has 10 aromatic carbocycles. The Labute approximate surface area is 381 Å². The molecule has 2 nitrogen and oxygen atoms in total. The normalized spacial score (nSPS) is 12.6. The van der Waals surface area contributed by atoms with Crippen molar-refractivity contribution in [2.24, 2.45) is 0 Å². The Balaban J connectivity index is 0.826. The van der Waals surface area contributed by atoms with E-state index in [9.17, 15) is 0 Å². The molecule has 2 heteroatoms. The van der Waals surface area contributed by atoms with Gasteiger partial charge in [0.2, 0.25) is 0 Å². The fourth-order valence-electron chi connectivity index (χ4n) is 10.2. The molecule has 0 atom stereocenters. The van der Waals surface area contributed by atoms with Gasteiger partial charge < -0.3 is 9.47 Å². The lowest BCUT2D eigenvalue weighted by atomic mass is 9.82. The molecule has 0 spiro atoms. The van der Waals surface area contributed by atoms with E-state index < -0.39 is 0 Å². The maximum atomic E-state index is 2.41. The van der Waals surface area contributed by atoms with Gasteiger partial charge in [0, 0.05) is 38.9 Å². The molecule has 0 fully saturated rings. The summed E-state index contributed by atoms with van der Waals surface area (Å²) >= 11 is 0. The van der Waals surface area contributed by atoms with Crippen LogP contribution in [0.4, 0.5) is 17.1 Å². The number of anilines is 3. The van der Waals surface area contributed by atoms with Gasteiger partial charge in [-0.1, -0.05) is 190 Å². The van der Waals surface area contributed by atoms with Crippen molar-refractivity contribution >= 4 is 38.9 Å². The van der Waals surface area contributed by atoms with Crippen molar-refractivity contribution in [1.82, 2.24) is 4.57 Å². The van der Waals surface area contributed by atoms with E-state index in [4.69, 9.17) is 0 Å². The molecule has 1 aliphatic carbocycles. The first-order valence-electron chi connectivity index (χ1n) is 22.6. The molecule has 0 saturated heterocycles. The van der Waals surface area contributed by atoms with Crippen LogP contribution in [-0.2, 0) is 5.41 Å². The minimum absolute atomic E-state index is 0.0930. The molecular weight excluding hydrogens is 785 g/mol. The fourth-order valence-corrected chi connectivity index (χ4v) is 10.2. The zero-order valence-corrected chi connectivity index (χ0v) is 36.5. The molecule has 0 radical (unpaired) electrons. The Morgan fingerprint density at radius 1 is 0.308 bits per heavy atom. The zero-order chi connectivity index (χ0) is 43.5. The van der Waals surface area contributed by atoms with Crippen LogP contribution in [0.1, 0.15) is 25.0 Å². The smallest absolute Gasteiger partial charge is 0.0541 e. The molecule has 0 amide bonds. The number of nitrogens with zero attached hydrogens (tertiary/aromatic N) is 2. The van der Waals surface area contributed by atoms with E-state index in [1.54, 1.807) is 0 Å². The highest BCUT2D eigenvalue weighted by Gasteiger charge is 2.35. The van der Waals surface area contributed by atoms with Gasteiger partial charge in [-0.2, -0.15) is 0 Å². The van der Waals surface area contributed by atoms with Crippen molar-refractivity contribution in [2.45, 2.75) is 19.3 Å². The second-order valence-corrected chi connectivity index (χ2v) is 17.8. The van der Waals surface area contributed by atoms with Crippen molar-refractivity contribution in [3.05, 3.63) is 254 Å². The molecule has 1 aliphatic rings. The molecule has 0 saturated carbocycles. The van der Waals surface area contributed by atoms with Crippen LogP contribution in [0.15, 0.2) is 243 Å². The molecule has 0 bridgehead atoms. The second-order valence-electron chi connectivity index (χ2n) is 17.8. The average Bonchev–Trinajstić information content (AvgIpc) is 3.82. The van der Waals surface area contributed by atoms with Gasteiger partial charge in [0.25, 0.3) is 0 Å². The lowest BCUT2D eigenvalue weighted by molar-refractivity contribution is 0.660. The first-order chi connectivity index (χ1) is 32.0. The minimum Gasteiger partial charge on any atom is -0.310 e. The second kappa shape index (κ2) is 15.6. The van der Waals surface area contributed by atoms with Gasteiger partial charge in [0.05, 0.1) is 11.0 Å². The quantitative estimate of drug-likeness (QED) is 0.148. The van der Waals surface area contributed by atoms with Gasteiger partial charge in [-0.15, -0.1) is 0 Å². The van der Waals surface area contributed by atoms with Gasteiger partial charge in [-0.25, -0.2) is 0 Å². The first kappa shape index (κ1) is 38.5. The van der Waals surface area contributed by atoms with E-state index in [1.165, 1.54) is 94.3 Å². The number of aromatic nitrogens is 1. The SMILES string of the molecule is CC1(C)c2ccccc2-c2ccc(N(c3ccc(-c4ccccc4)cc3)c3ccc(-c4ccc(-c5ccc(-c6ccc7c(c6)c6ccccc6n7-c6ccccc6)cc5)cc4)cc3)cc21. The highest BCUT2D eigenvalue weighted by atomic mass is 15.1. The van der Waals surface area contributed by atoms with Crippen molar-refractivity contribution in [3.8, 4) is 61.3 Å². The molecule has 11 aromatic rings. The lowest BCUT2D eigenvalue weighted by Gasteiger charge is -2.28. The van der Waals surface area contributed by atoms with Gasteiger partial charge >= 0.3 is 0 Å². The third-order valence-electron chi connectivity index (χ3n) is 13.6. The Hall–Kier alpha value is -8.20. The van der Waals surface area contributed by atoms with E-state index in [0.717, 1.165) is 17.1 Å². The van der Waals surface area contributed by atoms with Crippen molar-refractivity contribution in [2.75, 3.05) is 4.90 Å². The van der Waals surface area contributed by atoms with E-state index in [-0.39, 0.29) is 5.41 Å². The fraction of sp³-hybridized carbons (Fsp3) is 0.0476. The number of benzene rings is 10. The molecule has 0 aliphatic heterocycles. The van der Waals surface area contributed by atoms with Crippen LogP contribution >= 0.6 is 0 Å². The maximum absolute atomic E-state index is 2.41. The van der Waals surface area contributed by atoms with Crippen LogP contribution < -0.4 is 4.90 Å². The Morgan fingerprint density at radius 3 is 1.35 bits per heavy atom. The number of hydrogen-bond acceptors (Lipinski definition) is 1. The third-order valence-corrected chi connectivity index (χ3v) is 13.6. The predicted molar refractivity (Wildman–Crippen MR) is 275 cm³/mol. The number of fused-ring (bicyclic) bond motifs is 6. The summed E-state index contributed by atoms with van der Waals surface area (Å²) in [5, 5.41) is 2.53. The summed E-state index contributed by atoms with van der Waals surface area (Å²) in [6.07, 6.45) is 0. The third kappa shape index (κ3) is 6.65. The van der Waals surface area contributed by atoms with Crippen LogP contribution in [-0.4, -0.2) is 4.57 Å². The van der Waals surface area contributed by atoms with Crippen molar-refractivity contribution < 1.29 is 0 Å². The maximum Gasteiger partial charge on any atom is 0.0541 e. The number of rotatable bonds is 8. The van der Waals surface area contributed by atoms with Crippen molar-refractivity contribution in [3.63, 3.8) is 0 Å². The lowest BCUT2D eigenvalue weighted by Crippen LogP contribution is -2.16. The van der Waals surface area contributed by atoms with E-state index in [2.05, 4.69) is 266 Å². The van der Waals surface area contributed by atoms with Gasteiger partial charge in [0.1, 0.15) is 0 Å². The average molecular weight is 831 g/mol. The molecule has 1 heterocycles. The summed E-state index contributed by atoms with van der Waals surface area (Å²) in [6, 6.07) is 88.7. The molecular formula is C63H46N2. The van der Waals surface area contributed by atoms with Gasteiger partial charge in [-0.05, 0) is 133 Å². The molecule has 1 aromatic heterocycles. The summed E-state index contributed by atoms with van der Waals surface area (Å²) in [7, 11) is 0. The van der Waals surface area contributed by atoms with E-state index in [0.29, 0.717) is 0 Å². The van der Waals surface area contributed by atoms with E-state index >= 15 is 0 Å².